The fourth-order valence-electron chi connectivity index (χ4n) is 1.77. The van der Waals surface area contributed by atoms with Crippen LogP contribution in [0, 0.1) is 7.14 Å². The van der Waals surface area contributed by atoms with Crippen molar-refractivity contribution in [2.75, 3.05) is 5.32 Å². The minimum Gasteiger partial charge on any atom is -0.478 e. The van der Waals surface area contributed by atoms with E-state index in [0.29, 0.717) is 11.3 Å². The molecule has 0 radical (unpaired) electrons. The van der Waals surface area contributed by atoms with Crippen molar-refractivity contribution in [1.29, 1.82) is 0 Å². The largest absolute Gasteiger partial charge is 0.478 e. The molecule has 0 heterocycles. The van der Waals surface area contributed by atoms with E-state index in [2.05, 4.69) is 55.8 Å². The normalized spacial score (nSPS) is 10.1. The van der Waals surface area contributed by atoms with E-state index in [4.69, 9.17) is 28.9 Å². The quantitative estimate of drug-likeness (QED) is 0.368. The third kappa shape index (κ3) is 5.01. The van der Waals surface area contributed by atoms with Crippen LogP contribution in [0.2, 0.25) is 5.02 Å². The topological polar surface area (TPSA) is 78.4 Å². The van der Waals surface area contributed by atoms with Crippen LogP contribution in [0.4, 0.5) is 5.69 Å². The Bertz CT molecular complexity index is 845. The van der Waals surface area contributed by atoms with Crippen molar-refractivity contribution in [1.82, 2.24) is 5.32 Å². The molecule has 0 unspecified atom stereocenters. The highest BCUT2D eigenvalue weighted by Crippen LogP contribution is 2.21. The number of thiocarbonyl (C=S) groups is 1. The number of hydrogen-bond acceptors (Lipinski definition) is 3. The first-order valence-corrected chi connectivity index (χ1v) is 9.32. The standard InChI is InChI=1S/C15H9ClI2N2O3S/c16-11-3-2-8(6-9(11)14(22)23)19-15(24)20-13(21)10-5-7(17)1-4-12(10)18/h1-6H,(H,22,23)(H2,19,20,21,24). The van der Waals surface area contributed by atoms with Gasteiger partial charge in [-0.15, -0.1) is 0 Å². The average Bonchev–Trinajstić information content (AvgIpc) is 2.51. The van der Waals surface area contributed by atoms with E-state index < -0.39 is 5.97 Å². The highest BCUT2D eigenvalue weighted by Gasteiger charge is 2.13. The van der Waals surface area contributed by atoms with Crippen molar-refractivity contribution in [2.45, 2.75) is 0 Å². The summed E-state index contributed by atoms with van der Waals surface area (Å²) in [6, 6.07) is 9.86. The number of carboxylic acids is 1. The third-order valence-electron chi connectivity index (χ3n) is 2.85. The molecule has 0 aromatic heterocycles. The molecule has 0 spiro atoms. The molecule has 0 saturated heterocycles. The zero-order valence-electron chi connectivity index (χ0n) is 11.8. The Kier molecular flexibility index (Phi) is 6.78. The second kappa shape index (κ2) is 8.41. The molecule has 3 N–H and O–H groups in total. The molecule has 24 heavy (non-hydrogen) atoms. The van der Waals surface area contributed by atoms with Crippen molar-refractivity contribution in [3.8, 4) is 0 Å². The molecule has 0 aliphatic heterocycles. The van der Waals surface area contributed by atoms with Gasteiger partial charge in [-0.2, -0.15) is 0 Å². The monoisotopic (exact) mass is 586 g/mol. The summed E-state index contributed by atoms with van der Waals surface area (Å²) in [6.07, 6.45) is 0. The number of carbonyl (C=O) groups excluding carboxylic acids is 1. The van der Waals surface area contributed by atoms with Crippen LogP contribution in [0.1, 0.15) is 20.7 Å². The summed E-state index contributed by atoms with van der Waals surface area (Å²) in [7, 11) is 0. The molecule has 0 saturated carbocycles. The van der Waals surface area contributed by atoms with Gasteiger partial charge in [-0.3, -0.25) is 10.1 Å². The lowest BCUT2D eigenvalue weighted by Gasteiger charge is -2.11. The zero-order valence-corrected chi connectivity index (χ0v) is 17.7. The molecule has 0 atom stereocenters. The molecule has 1 amide bonds. The Hall–Kier alpha value is -0.980. The number of halogens is 3. The molecular weight excluding hydrogens is 578 g/mol. The maximum absolute atomic E-state index is 12.3. The first-order valence-electron chi connectivity index (χ1n) is 6.38. The zero-order chi connectivity index (χ0) is 17.9. The number of rotatable bonds is 3. The van der Waals surface area contributed by atoms with Gasteiger partial charge in [-0.05, 0) is 93.8 Å². The molecule has 5 nitrogen and oxygen atoms in total. The van der Waals surface area contributed by atoms with Crippen LogP contribution in [0.5, 0.6) is 0 Å². The lowest BCUT2D eigenvalue weighted by Crippen LogP contribution is -2.34. The van der Waals surface area contributed by atoms with Gasteiger partial charge < -0.3 is 10.4 Å². The van der Waals surface area contributed by atoms with Gasteiger partial charge >= 0.3 is 5.97 Å². The summed E-state index contributed by atoms with van der Waals surface area (Å²) >= 11 is 15.1. The van der Waals surface area contributed by atoms with Gasteiger partial charge in [-0.1, -0.05) is 11.6 Å². The maximum Gasteiger partial charge on any atom is 0.337 e. The van der Waals surface area contributed by atoms with Gasteiger partial charge in [0, 0.05) is 12.8 Å². The van der Waals surface area contributed by atoms with E-state index in [1.807, 2.05) is 12.1 Å². The molecule has 2 aromatic rings. The van der Waals surface area contributed by atoms with Crippen LogP contribution < -0.4 is 10.6 Å². The Balaban J connectivity index is 2.11. The lowest BCUT2D eigenvalue weighted by atomic mass is 10.2. The predicted octanol–water partition coefficient (Wildman–Crippen LogP) is 4.37. The van der Waals surface area contributed by atoms with Gasteiger partial charge in [0.2, 0.25) is 0 Å². The van der Waals surface area contributed by atoms with Crippen LogP contribution in [-0.4, -0.2) is 22.1 Å². The van der Waals surface area contributed by atoms with E-state index in [-0.39, 0.29) is 21.6 Å². The summed E-state index contributed by atoms with van der Waals surface area (Å²) in [4.78, 5) is 23.4. The van der Waals surface area contributed by atoms with Gasteiger partial charge in [0.15, 0.2) is 5.11 Å². The Morgan fingerprint density at radius 3 is 2.46 bits per heavy atom. The van der Waals surface area contributed by atoms with Crippen molar-refractivity contribution >= 4 is 91.7 Å². The maximum atomic E-state index is 12.3. The molecular formula is C15H9ClI2N2O3S. The molecule has 0 aliphatic carbocycles. The van der Waals surface area contributed by atoms with Crippen molar-refractivity contribution in [3.05, 3.63) is 59.7 Å². The van der Waals surface area contributed by atoms with Crippen LogP contribution in [0.15, 0.2) is 36.4 Å². The molecule has 2 aromatic carbocycles. The van der Waals surface area contributed by atoms with Gasteiger partial charge in [0.1, 0.15) is 0 Å². The first kappa shape index (κ1) is 19.3. The van der Waals surface area contributed by atoms with Crippen molar-refractivity contribution in [2.24, 2.45) is 0 Å². The van der Waals surface area contributed by atoms with E-state index in [1.54, 1.807) is 12.1 Å². The Morgan fingerprint density at radius 1 is 1.08 bits per heavy atom. The summed E-state index contributed by atoms with van der Waals surface area (Å²) in [5, 5.41) is 14.6. The van der Waals surface area contributed by atoms with Gasteiger partial charge in [-0.25, -0.2) is 4.79 Å². The number of hydrogen-bond donors (Lipinski definition) is 3. The average molecular weight is 587 g/mol. The van der Waals surface area contributed by atoms with Crippen LogP contribution in [0.25, 0.3) is 0 Å². The number of amides is 1. The number of aromatic carboxylic acids is 1. The smallest absolute Gasteiger partial charge is 0.337 e. The Morgan fingerprint density at radius 2 is 1.79 bits per heavy atom. The number of carboxylic acid groups (broad SMARTS) is 1. The fourth-order valence-corrected chi connectivity index (χ4v) is 3.25. The summed E-state index contributed by atoms with van der Waals surface area (Å²) in [6.45, 7) is 0. The van der Waals surface area contributed by atoms with Gasteiger partial charge in [0.05, 0.1) is 16.1 Å². The van der Waals surface area contributed by atoms with E-state index in [9.17, 15) is 9.59 Å². The van der Waals surface area contributed by atoms with E-state index in [0.717, 1.165) is 7.14 Å². The first-order chi connectivity index (χ1) is 11.3. The summed E-state index contributed by atoms with van der Waals surface area (Å²) in [5.74, 6) is -1.49. The highest BCUT2D eigenvalue weighted by molar-refractivity contribution is 14.1. The minimum absolute atomic E-state index is 0.0528. The second-order valence-corrected chi connectivity index (χ2v) is 7.76. The SMILES string of the molecule is O=C(O)c1cc(NC(=S)NC(=O)c2cc(I)ccc2I)ccc1Cl. The third-order valence-corrected chi connectivity index (χ3v) is 5.00. The molecule has 0 bridgehead atoms. The number of nitrogens with one attached hydrogen (secondary N) is 2. The summed E-state index contributed by atoms with van der Waals surface area (Å²) < 4.78 is 1.73. The molecule has 124 valence electrons. The fraction of sp³-hybridized carbons (Fsp3) is 0. The molecule has 0 aliphatic rings. The summed E-state index contributed by atoms with van der Waals surface area (Å²) in [5.41, 5.74) is 0.872. The predicted molar refractivity (Wildman–Crippen MR) is 114 cm³/mol. The minimum atomic E-state index is -1.15. The number of anilines is 1. The van der Waals surface area contributed by atoms with Crippen LogP contribution >= 0.6 is 69.0 Å². The molecule has 9 heteroatoms. The van der Waals surface area contributed by atoms with Gasteiger partial charge in [0.25, 0.3) is 5.91 Å². The second-order valence-electron chi connectivity index (χ2n) is 4.53. The number of benzene rings is 2. The molecule has 2 rings (SSSR count). The van der Waals surface area contributed by atoms with Crippen molar-refractivity contribution in [3.63, 3.8) is 0 Å². The van der Waals surface area contributed by atoms with Crippen LogP contribution in [0.3, 0.4) is 0 Å². The number of carbonyl (C=O) groups is 2. The lowest BCUT2D eigenvalue weighted by molar-refractivity contribution is 0.0697. The van der Waals surface area contributed by atoms with Crippen molar-refractivity contribution < 1.29 is 14.7 Å². The van der Waals surface area contributed by atoms with E-state index in [1.165, 1.54) is 12.1 Å². The Labute approximate surface area is 175 Å². The molecule has 0 fully saturated rings. The highest BCUT2D eigenvalue weighted by atomic mass is 127. The van der Waals surface area contributed by atoms with E-state index >= 15 is 0 Å². The van der Waals surface area contributed by atoms with Crippen LogP contribution in [-0.2, 0) is 0 Å².